The standard InChI is InChI=1S/C29H29N3O10/c1-32(2)22-16-11-12-10-15-17(31-28(39)42-14-6-4-13(41-3)5-7-14)8-9-18(33)20(15)23(34)19(12)25(36)29(16,40)26(37)21(24(22)35)27(30)38/h4-9,12,16,19,21-22,33,40H,10-11H2,1-3H3,(H2,30,38)(H,31,39). The fourth-order valence-electron chi connectivity index (χ4n) is 6.61. The summed E-state index contributed by atoms with van der Waals surface area (Å²) in [6.07, 6.45) is -1.02. The Kier molecular flexibility index (Phi) is 7.11. The first-order chi connectivity index (χ1) is 19.8. The maximum atomic E-state index is 13.9. The number of rotatable bonds is 5. The van der Waals surface area contributed by atoms with Gasteiger partial charge in [0.2, 0.25) is 5.91 Å². The van der Waals surface area contributed by atoms with Crippen LogP contribution < -0.4 is 20.5 Å². The van der Waals surface area contributed by atoms with E-state index in [1.807, 2.05) is 0 Å². The van der Waals surface area contributed by atoms with Crippen LogP contribution in [0, 0.1) is 23.7 Å². The number of primary amides is 1. The summed E-state index contributed by atoms with van der Waals surface area (Å²) in [5, 5.41) is 24.8. The molecule has 13 heteroatoms. The van der Waals surface area contributed by atoms with Gasteiger partial charge < -0.3 is 25.4 Å². The van der Waals surface area contributed by atoms with E-state index >= 15 is 0 Å². The maximum absolute atomic E-state index is 13.9. The van der Waals surface area contributed by atoms with E-state index in [4.69, 9.17) is 15.2 Å². The molecule has 0 saturated heterocycles. The van der Waals surface area contributed by atoms with Crippen LogP contribution in [0.25, 0.3) is 0 Å². The zero-order valence-electron chi connectivity index (χ0n) is 23.0. The Bertz CT molecular complexity index is 1530. The summed E-state index contributed by atoms with van der Waals surface area (Å²) < 4.78 is 10.4. The smallest absolute Gasteiger partial charge is 0.417 e. The van der Waals surface area contributed by atoms with Gasteiger partial charge in [0.05, 0.1) is 24.6 Å². The van der Waals surface area contributed by atoms with Crippen molar-refractivity contribution in [1.29, 1.82) is 0 Å². The maximum Gasteiger partial charge on any atom is 0.417 e. The van der Waals surface area contributed by atoms with E-state index in [0.29, 0.717) is 5.75 Å². The van der Waals surface area contributed by atoms with Crippen molar-refractivity contribution in [2.75, 3.05) is 26.5 Å². The lowest BCUT2D eigenvalue weighted by molar-refractivity contribution is -0.181. The van der Waals surface area contributed by atoms with Crippen molar-refractivity contribution in [2.45, 2.75) is 24.5 Å². The van der Waals surface area contributed by atoms with Crippen molar-refractivity contribution in [3.05, 3.63) is 47.5 Å². The largest absolute Gasteiger partial charge is 0.507 e. The number of anilines is 1. The molecule has 13 nitrogen and oxygen atoms in total. The van der Waals surface area contributed by atoms with Crippen molar-refractivity contribution in [2.24, 2.45) is 29.4 Å². The number of carbonyl (C=O) groups is 6. The van der Waals surface area contributed by atoms with E-state index in [1.165, 1.54) is 50.4 Å². The minimum atomic E-state index is -2.81. The van der Waals surface area contributed by atoms with Crippen LogP contribution in [0.2, 0.25) is 0 Å². The van der Waals surface area contributed by atoms with Crippen molar-refractivity contribution in [3.63, 3.8) is 0 Å². The predicted octanol–water partition coefficient (Wildman–Crippen LogP) is 0.487. The Morgan fingerprint density at radius 2 is 1.67 bits per heavy atom. The molecule has 2 aromatic carbocycles. The van der Waals surface area contributed by atoms with E-state index in [9.17, 15) is 39.0 Å². The van der Waals surface area contributed by atoms with Crippen molar-refractivity contribution < 1.29 is 48.5 Å². The number of amides is 2. The van der Waals surface area contributed by atoms with Gasteiger partial charge in [-0.05, 0) is 74.8 Å². The van der Waals surface area contributed by atoms with Crippen LogP contribution in [0.15, 0.2) is 36.4 Å². The number of phenolic OH excluding ortho intramolecular Hbond substituents is 1. The number of ether oxygens (including phenoxy) is 2. The Hall–Kier alpha value is -4.62. The molecule has 6 atom stereocenters. The zero-order chi connectivity index (χ0) is 30.7. The van der Waals surface area contributed by atoms with Crippen LogP contribution in [0.4, 0.5) is 10.5 Å². The zero-order valence-corrected chi connectivity index (χ0v) is 23.0. The third-order valence-corrected chi connectivity index (χ3v) is 8.45. The Labute approximate surface area is 239 Å². The molecule has 220 valence electrons. The average molecular weight is 580 g/mol. The summed E-state index contributed by atoms with van der Waals surface area (Å²) in [5.41, 5.74) is 2.64. The summed E-state index contributed by atoms with van der Waals surface area (Å²) in [5.74, 6) is -10.8. The second-order valence-corrected chi connectivity index (χ2v) is 11.0. The molecule has 2 fully saturated rings. The number of nitrogens with two attached hydrogens (primary N) is 1. The van der Waals surface area contributed by atoms with Gasteiger partial charge in [0.25, 0.3) is 0 Å². The van der Waals surface area contributed by atoms with E-state index < -0.39 is 76.2 Å². The molecule has 0 bridgehead atoms. The lowest BCUT2D eigenvalue weighted by Crippen LogP contribution is -2.74. The predicted molar refractivity (Wildman–Crippen MR) is 144 cm³/mol. The highest BCUT2D eigenvalue weighted by Gasteiger charge is 2.69. The molecule has 0 heterocycles. The van der Waals surface area contributed by atoms with Crippen molar-refractivity contribution in [1.82, 2.24) is 4.90 Å². The third-order valence-electron chi connectivity index (χ3n) is 8.45. The molecular weight excluding hydrogens is 550 g/mol. The van der Waals surface area contributed by atoms with E-state index in [-0.39, 0.29) is 35.4 Å². The summed E-state index contributed by atoms with van der Waals surface area (Å²) in [7, 11) is 4.50. The van der Waals surface area contributed by atoms with Crippen LogP contribution in [0.5, 0.6) is 17.2 Å². The number of hydrogen-bond acceptors (Lipinski definition) is 11. The van der Waals surface area contributed by atoms with Gasteiger partial charge in [-0.25, -0.2) is 4.79 Å². The van der Waals surface area contributed by atoms with Gasteiger partial charge in [-0.15, -0.1) is 0 Å². The second kappa shape index (κ2) is 10.3. The molecule has 3 aliphatic rings. The monoisotopic (exact) mass is 579 g/mol. The first kappa shape index (κ1) is 28.9. The molecule has 6 unspecified atom stereocenters. The molecule has 2 amide bonds. The van der Waals surface area contributed by atoms with E-state index in [1.54, 1.807) is 12.1 Å². The van der Waals surface area contributed by atoms with Gasteiger partial charge in [0.15, 0.2) is 34.7 Å². The number of phenols is 1. The van der Waals surface area contributed by atoms with Gasteiger partial charge in [-0.2, -0.15) is 0 Å². The fraction of sp³-hybridized carbons (Fsp3) is 0.379. The van der Waals surface area contributed by atoms with Crippen LogP contribution in [0.1, 0.15) is 22.3 Å². The molecule has 2 aromatic rings. The molecule has 42 heavy (non-hydrogen) atoms. The number of nitrogens with zero attached hydrogens (tertiary/aromatic N) is 1. The molecule has 0 aliphatic heterocycles. The number of aliphatic hydroxyl groups is 1. The number of aromatic hydroxyl groups is 1. The molecule has 5 rings (SSSR count). The van der Waals surface area contributed by atoms with Crippen LogP contribution in [0.3, 0.4) is 0 Å². The number of carbonyl (C=O) groups excluding carboxylic acids is 6. The van der Waals surface area contributed by atoms with Gasteiger partial charge in [0, 0.05) is 11.6 Å². The summed E-state index contributed by atoms with van der Waals surface area (Å²) in [6, 6.07) is 7.56. The fourth-order valence-corrected chi connectivity index (χ4v) is 6.61. The highest BCUT2D eigenvalue weighted by molar-refractivity contribution is 6.32. The quantitative estimate of drug-likeness (QED) is 0.283. The molecule has 3 aliphatic carbocycles. The van der Waals surface area contributed by atoms with Crippen LogP contribution >= 0.6 is 0 Å². The second-order valence-electron chi connectivity index (χ2n) is 11.0. The number of nitrogens with one attached hydrogen (secondary N) is 1. The van der Waals surface area contributed by atoms with Crippen LogP contribution in [-0.4, -0.2) is 83.1 Å². The highest BCUT2D eigenvalue weighted by Crippen LogP contribution is 2.51. The number of hydrogen-bond donors (Lipinski definition) is 4. The number of fused-ring (bicyclic) bond motifs is 3. The third kappa shape index (κ3) is 4.32. The Morgan fingerprint density at radius 3 is 2.26 bits per heavy atom. The molecule has 0 aromatic heterocycles. The number of benzene rings is 2. The number of methoxy groups -OCH3 is 1. The minimum absolute atomic E-state index is 0.0155. The number of ketones is 4. The highest BCUT2D eigenvalue weighted by atomic mass is 16.6. The van der Waals surface area contributed by atoms with Crippen molar-refractivity contribution >= 4 is 40.8 Å². The first-order valence-electron chi connectivity index (χ1n) is 13.1. The lowest BCUT2D eigenvalue weighted by atomic mass is 9.52. The van der Waals surface area contributed by atoms with Gasteiger partial charge in [-0.3, -0.25) is 34.2 Å². The average Bonchev–Trinajstić information content (AvgIpc) is 2.92. The first-order valence-corrected chi connectivity index (χ1v) is 13.1. The minimum Gasteiger partial charge on any atom is -0.507 e. The molecule has 5 N–H and O–H groups in total. The summed E-state index contributed by atoms with van der Waals surface area (Å²) in [6.45, 7) is 0. The normalized spacial score (nSPS) is 28.5. The molecule has 2 saturated carbocycles. The topological polar surface area (TPSA) is 203 Å². The van der Waals surface area contributed by atoms with Crippen LogP contribution in [-0.2, 0) is 25.6 Å². The molecule has 0 spiro atoms. The van der Waals surface area contributed by atoms with E-state index in [2.05, 4.69) is 5.32 Å². The SMILES string of the molecule is COc1ccc(OC(=O)Nc2ccc(O)c3c2CC2CC4C(N(C)C)C(=O)C(C(N)=O)C(=O)C4(O)C(=O)C2C3=O)cc1. The summed E-state index contributed by atoms with van der Waals surface area (Å²) in [4.78, 5) is 80.3. The Morgan fingerprint density at radius 1 is 1.02 bits per heavy atom. The van der Waals surface area contributed by atoms with Gasteiger partial charge in [0.1, 0.15) is 17.2 Å². The summed E-state index contributed by atoms with van der Waals surface area (Å²) >= 11 is 0. The number of likely N-dealkylation sites (N-methyl/N-ethyl adjacent to an activating group) is 1. The Balaban J connectivity index is 1.50. The molecular formula is C29H29N3O10. The van der Waals surface area contributed by atoms with Gasteiger partial charge >= 0.3 is 6.09 Å². The van der Waals surface area contributed by atoms with Crippen molar-refractivity contribution in [3.8, 4) is 17.2 Å². The number of Topliss-reactive ketones (excluding diaryl/α,β-unsaturated/α-hetero) is 4. The van der Waals surface area contributed by atoms with E-state index in [0.717, 1.165) is 0 Å². The van der Waals surface area contributed by atoms with Gasteiger partial charge in [-0.1, -0.05) is 0 Å². The molecule has 0 radical (unpaired) electrons. The lowest BCUT2D eigenvalue weighted by Gasteiger charge is -2.52.